The van der Waals surface area contributed by atoms with Crippen molar-refractivity contribution in [2.45, 2.75) is 26.4 Å². The molecule has 0 aliphatic rings. The highest BCUT2D eigenvalue weighted by Crippen LogP contribution is 2.14. The number of ether oxygens (including phenoxy) is 1. The van der Waals surface area contributed by atoms with E-state index in [1.165, 1.54) is 0 Å². The third-order valence-corrected chi connectivity index (χ3v) is 3.45. The third-order valence-electron chi connectivity index (χ3n) is 3.45. The van der Waals surface area contributed by atoms with Crippen molar-refractivity contribution in [1.82, 2.24) is 10.2 Å². The van der Waals surface area contributed by atoms with Crippen LogP contribution in [0.25, 0.3) is 0 Å². The Morgan fingerprint density at radius 2 is 2.04 bits per heavy atom. The van der Waals surface area contributed by atoms with Gasteiger partial charge in [-0.05, 0) is 50.7 Å². The first-order valence-electron chi connectivity index (χ1n) is 7.81. The summed E-state index contributed by atoms with van der Waals surface area (Å²) in [6.45, 7) is 5.56. The van der Waals surface area contributed by atoms with Crippen molar-refractivity contribution in [2.75, 3.05) is 20.2 Å². The lowest BCUT2D eigenvalue weighted by atomic mass is 10.2. The topological polar surface area (TPSA) is 54.7 Å². The van der Waals surface area contributed by atoms with Crippen molar-refractivity contribution in [3.63, 3.8) is 0 Å². The summed E-state index contributed by atoms with van der Waals surface area (Å²) < 4.78 is 10.7. The number of furan rings is 1. The number of likely N-dealkylation sites (N-methyl/N-ethyl adjacent to an activating group) is 1. The van der Waals surface area contributed by atoms with Crippen LogP contribution in [0.5, 0.6) is 5.75 Å². The molecule has 0 spiro atoms. The summed E-state index contributed by atoms with van der Waals surface area (Å²) >= 11 is 0. The van der Waals surface area contributed by atoms with Crippen LogP contribution in [0.1, 0.15) is 31.2 Å². The highest BCUT2D eigenvalue weighted by atomic mass is 16.5. The molecule has 124 valence electrons. The van der Waals surface area contributed by atoms with Gasteiger partial charge in [0.25, 0.3) is 0 Å². The zero-order chi connectivity index (χ0) is 16.7. The molecule has 5 nitrogen and oxygen atoms in total. The minimum absolute atomic E-state index is 0.0256. The lowest BCUT2D eigenvalue weighted by Gasteiger charge is -2.18. The summed E-state index contributed by atoms with van der Waals surface area (Å²) in [6.07, 6.45) is 1.61. The van der Waals surface area contributed by atoms with Crippen LogP contribution in [0.2, 0.25) is 0 Å². The first-order chi connectivity index (χ1) is 11.1. The molecule has 1 aromatic heterocycles. The fourth-order valence-electron chi connectivity index (χ4n) is 2.37. The first-order valence-corrected chi connectivity index (χ1v) is 7.81. The monoisotopic (exact) mass is 316 g/mol. The molecule has 0 saturated heterocycles. The normalized spacial score (nSPS) is 12.2. The number of hydrogen-bond acceptors (Lipinski definition) is 4. The third kappa shape index (κ3) is 5.45. The van der Waals surface area contributed by atoms with Crippen LogP contribution in [-0.4, -0.2) is 31.0 Å². The minimum atomic E-state index is -0.128. The van der Waals surface area contributed by atoms with E-state index in [4.69, 9.17) is 9.15 Å². The molecule has 1 atom stereocenters. The van der Waals surface area contributed by atoms with Crippen molar-refractivity contribution in [1.29, 1.82) is 0 Å². The van der Waals surface area contributed by atoms with E-state index in [2.05, 4.69) is 5.32 Å². The Morgan fingerprint density at radius 1 is 1.30 bits per heavy atom. The molecule has 1 heterocycles. The van der Waals surface area contributed by atoms with Crippen LogP contribution in [0.4, 0.5) is 0 Å². The number of amides is 1. The number of nitrogens with zero attached hydrogens (tertiary/aromatic N) is 1. The van der Waals surface area contributed by atoms with E-state index in [1.54, 1.807) is 6.26 Å². The highest BCUT2D eigenvalue weighted by Gasteiger charge is 2.13. The van der Waals surface area contributed by atoms with E-state index >= 15 is 0 Å². The second-order valence-corrected chi connectivity index (χ2v) is 5.55. The fourth-order valence-corrected chi connectivity index (χ4v) is 2.37. The lowest BCUT2D eigenvalue weighted by Crippen LogP contribution is -2.36. The van der Waals surface area contributed by atoms with Crippen molar-refractivity contribution in [3.05, 3.63) is 54.0 Å². The summed E-state index contributed by atoms with van der Waals surface area (Å²) in [4.78, 5) is 14.0. The second-order valence-electron chi connectivity index (χ2n) is 5.55. The predicted molar refractivity (Wildman–Crippen MR) is 89.2 cm³/mol. The van der Waals surface area contributed by atoms with Crippen LogP contribution < -0.4 is 10.1 Å². The van der Waals surface area contributed by atoms with Crippen molar-refractivity contribution in [2.24, 2.45) is 0 Å². The Hall–Kier alpha value is -2.27. The molecule has 0 saturated carbocycles. The van der Waals surface area contributed by atoms with Gasteiger partial charge in [0.05, 0.1) is 25.5 Å². The Labute approximate surface area is 137 Å². The van der Waals surface area contributed by atoms with Crippen LogP contribution in [-0.2, 0) is 11.3 Å². The molecule has 1 aromatic carbocycles. The molecule has 0 radical (unpaired) electrons. The Kier molecular flexibility index (Phi) is 6.23. The van der Waals surface area contributed by atoms with Crippen molar-refractivity contribution in [3.8, 4) is 5.75 Å². The summed E-state index contributed by atoms with van der Waals surface area (Å²) in [5.41, 5.74) is 1.14. The van der Waals surface area contributed by atoms with Gasteiger partial charge in [0.15, 0.2) is 0 Å². The largest absolute Gasteiger partial charge is 0.494 e. The zero-order valence-corrected chi connectivity index (χ0v) is 13.9. The minimum Gasteiger partial charge on any atom is -0.494 e. The van der Waals surface area contributed by atoms with Gasteiger partial charge >= 0.3 is 0 Å². The van der Waals surface area contributed by atoms with Gasteiger partial charge in [-0.3, -0.25) is 9.69 Å². The molecule has 23 heavy (non-hydrogen) atoms. The SMILES string of the molecule is CCOc1ccc(CN(C)CC(=O)NC(C)c2ccco2)cc1. The maximum absolute atomic E-state index is 12.1. The average molecular weight is 316 g/mol. The van der Waals surface area contributed by atoms with Crippen LogP contribution in [0, 0.1) is 0 Å². The Bertz CT molecular complexity index is 593. The van der Waals surface area contributed by atoms with Crippen LogP contribution in [0.15, 0.2) is 47.1 Å². The van der Waals surface area contributed by atoms with Gasteiger partial charge in [-0.1, -0.05) is 12.1 Å². The van der Waals surface area contributed by atoms with Gasteiger partial charge in [0.1, 0.15) is 11.5 Å². The van der Waals surface area contributed by atoms with E-state index in [0.717, 1.165) is 17.1 Å². The van der Waals surface area contributed by atoms with Crippen LogP contribution in [0.3, 0.4) is 0 Å². The molecule has 2 aromatic rings. The van der Waals surface area contributed by atoms with Gasteiger partial charge in [-0.25, -0.2) is 0 Å². The van der Waals surface area contributed by atoms with E-state index in [0.29, 0.717) is 19.7 Å². The molecule has 0 fully saturated rings. The summed E-state index contributed by atoms with van der Waals surface area (Å²) in [6, 6.07) is 11.5. The maximum Gasteiger partial charge on any atom is 0.234 e. The quantitative estimate of drug-likeness (QED) is 0.813. The van der Waals surface area contributed by atoms with Crippen molar-refractivity contribution >= 4 is 5.91 Å². The number of nitrogens with one attached hydrogen (secondary N) is 1. The molecular weight excluding hydrogens is 292 g/mol. The highest BCUT2D eigenvalue weighted by molar-refractivity contribution is 5.78. The molecule has 1 N–H and O–H groups in total. The second kappa shape index (κ2) is 8.39. The molecule has 1 unspecified atom stereocenters. The Balaban J connectivity index is 1.79. The molecule has 5 heteroatoms. The van der Waals surface area contributed by atoms with Gasteiger partial charge in [0.2, 0.25) is 5.91 Å². The standard InChI is InChI=1S/C18H24N2O3/c1-4-22-16-9-7-15(8-10-16)12-20(3)13-18(21)19-14(2)17-6-5-11-23-17/h5-11,14H,4,12-13H2,1-3H3,(H,19,21). The van der Waals surface area contributed by atoms with E-state index in [-0.39, 0.29) is 11.9 Å². The van der Waals surface area contributed by atoms with Gasteiger partial charge in [0, 0.05) is 6.54 Å². The van der Waals surface area contributed by atoms with Crippen molar-refractivity contribution < 1.29 is 13.9 Å². The first kappa shape index (κ1) is 17.1. The summed E-state index contributed by atoms with van der Waals surface area (Å²) in [5, 5.41) is 2.93. The fraction of sp³-hybridized carbons (Fsp3) is 0.389. The smallest absolute Gasteiger partial charge is 0.234 e. The van der Waals surface area contributed by atoms with Crippen LogP contribution >= 0.6 is 0 Å². The number of rotatable bonds is 8. The molecule has 0 bridgehead atoms. The molecular formula is C18H24N2O3. The molecule has 1 amide bonds. The van der Waals surface area contributed by atoms with E-state index < -0.39 is 0 Å². The van der Waals surface area contributed by atoms with E-state index in [9.17, 15) is 4.79 Å². The number of benzene rings is 1. The number of carbonyl (C=O) groups excluding carboxylic acids is 1. The summed E-state index contributed by atoms with van der Waals surface area (Å²) in [5.74, 6) is 1.60. The summed E-state index contributed by atoms with van der Waals surface area (Å²) in [7, 11) is 1.92. The van der Waals surface area contributed by atoms with Gasteiger partial charge in [-0.15, -0.1) is 0 Å². The number of carbonyl (C=O) groups is 1. The van der Waals surface area contributed by atoms with E-state index in [1.807, 2.05) is 62.2 Å². The number of hydrogen-bond donors (Lipinski definition) is 1. The molecule has 2 rings (SSSR count). The maximum atomic E-state index is 12.1. The average Bonchev–Trinajstić information content (AvgIpc) is 3.03. The van der Waals surface area contributed by atoms with Gasteiger partial charge in [-0.2, -0.15) is 0 Å². The molecule has 0 aliphatic heterocycles. The Morgan fingerprint density at radius 3 is 2.65 bits per heavy atom. The lowest BCUT2D eigenvalue weighted by molar-refractivity contribution is -0.122. The van der Waals surface area contributed by atoms with Gasteiger partial charge < -0.3 is 14.5 Å². The zero-order valence-electron chi connectivity index (χ0n) is 13.9. The predicted octanol–water partition coefficient (Wildman–Crippen LogP) is 2.99. The molecule has 0 aliphatic carbocycles.